The van der Waals surface area contributed by atoms with Crippen LogP contribution in [0.5, 0.6) is 11.5 Å². The largest absolute Gasteiger partial charge is 0.507 e. The van der Waals surface area contributed by atoms with Crippen LogP contribution in [0.25, 0.3) is 0 Å². The second-order valence-electron chi connectivity index (χ2n) is 5.89. The van der Waals surface area contributed by atoms with Gasteiger partial charge in [0.25, 0.3) is 0 Å². The number of phenols is 1. The van der Waals surface area contributed by atoms with Gasteiger partial charge < -0.3 is 9.84 Å². The number of esters is 1. The quantitative estimate of drug-likeness (QED) is 0.324. The van der Waals surface area contributed by atoms with Gasteiger partial charge >= 0.3 is 5.97 Å². The van der Waals surface area contributed by atoms with Crippen molar-refractivity contribution in [3.8, 4) is 11.5 Å². The third-order valence-corrected chi connectivity index (χ3v) is 3.73. The van der Waals surface area contributed by atoms with Crippen LogP contribution in [0.4, 0.5) is 0 Å². The number of carbonyl (C=O) groups excluding carboxylic acids is 2. The Morgan fingerprint density at radius 1 is 1.25 bits per heavy atom. The molecule has 0 aliphatic rings. The predicted molar refractivity (Wildman–Crippen MR) is 95.9 cm³/mol. The highest BCUT2D eigenvalue weighted by molar-refractivity contribution is 6.32. The molecule has 1 aromatic carbocycles. The number of carbonyl (C=O) groups is 2. The number of halogens is 1. The van der Waals surface area contributed by atoms with Gasteiger partial charge in [0, 0.05) is 12.5 Å². The lowest BCUT2D eigenvalue weighted by Gasteiger charge is -2.13. The van der Waals surface area contributed by atoms with Crippen molar-refractivity contribution in [3.63, 3.8) is 0 Å². The molecule has 5 heteroatoms. The second-order valence-corrected chi connectivity index (χ2v) is 6.30. The van der Waals surface area contributed by atoms with Gasteiger partial charge in [-0.2, -0.15) is 0 Å². The summed E-state index contributed by atoms with van der Waals surface area (Å²) >= 11 is 6.09. The molecule has 0 spiro atoms. The molecule has 130 valence electrons. The maximum atomic E-state index is 11.3. The third kappa shape index (κ3) is 5.85. The van der Waals surface area contributed by atoms with Crippen molar-refractivity contribution in [1.29, 1.82) is 0 Å². The van der Waals surface area contributed by atoms with Crippen LogP contribution in [0.15, 0.2) is 29.4 Å². The number of allylic oxidation sites excluding steroid dienone is 4. The van der Waals surface area contributed by atoms with E-state index in [2.05, 4.69) is 19.9 Å². The summed E-state index contributed by atoms with van der Waals surface area (Å²) in [6.07, 6.45) is 6.75. The van der Waals surface area contributed by atoms with E-state index in [4.69, 9.17) is 16.3 Å². The molecular formula is C19H23ClO4. The first-order valence-electron chi connectivity index (χ1n) is 7.73. The van der Waals surface area contributed by atoms with Crippen molar-refractivity contribution >= 4 is 23.9 Å². The number of aldehydes is 1. The van der Waals surface area contributed by atoms with Crippen molar-refractivity contribution in [2.45, 2.75) is 47.0 Å². The second kappa shape index (κ2) is 9.28. The molecule has 24 heavy (non-hydrogen) atoms. The van der Waals surface area contributed by atoms with Crippen LogP contribution in [0.1, 0.15) is 56.5 Å². The minimum Gasteiger partial charge on any atom is -0.507 e. The predicted octanol–water partition coefficient (Wildman–Crippen LogP) is 5.02. The van der Waals surface area contributed by atoms with Crippen LogP contribution in [0.2, 0.25) is 5.02 Å². The molecule has 0 saturated heterocycles. The zero-order valence-corrected chi connectivity index (χ0v) is 15.2. The Balaban J connectivity index is 3.11. The maximum Gasteiger partial charge on any atom is 0.308 e. The van der Waals surface area contributed by atoms with Crippen molar-refractivity contribution < 1.29 is 19.4 Å². The molecule has 1 rings (SSSR count). The lowest BCUT2D eigenvalue weighted by molar-refractivity contribution is -0.131. The Morgan fingerprint density at radius 2 is 1.92 bits per heavy atom. The summed E-state index contributed by atoms with van der Waals surface area (Å²) in [4.78, 5) is 22.3. The Kier molecular flexibility index (Phi) is 7.72. The van der Waals surface area contributed by atoms with E-state index in [0.29, 0.717) is 18.3 Å². The highest BCUT2D eigenvalue weighted by Gasteiger charge is 2.18. The molecule has 0 saturated carbocycles. The smallest absolute Gasteiger partial charge is 0.308 e. The minimum absolute atomic E-state index is 0.0708. The minimum atomic E-state index is -0.541. The zero-order chi connectivity index (χ0) is 18.3. The molecule has 1 N–H and O–H groups in total. The Morgan fingerprint density at radius 3 is 2.46 bits per heavy atom. The van der Waals surface area contributed by atoms with Crippen LogP contribution in [0, 0.1) is 0 Å². The molecule has 0 aliphatic carbocycles. The number of aromatic hydroxyl groups is 1. The monoisotopic (exact) mass is 350 g/mol. The molecule has 0 atom stereocenters. The summed E-state index contributed by atoms with van der Waals surface area (Å²) in [7, 11) is 0. The van der Waals surface area contributed by atoms with Crippen LogP contribution < -0.4 is 4.74 Å². The lowest BCUT2D eigenvalue weighted by Crippen LogP contribution is -2.06. The standard InChI is InChI=1S/C19H23ClO4/c1-12(2)6-5-7-13(3)8-9-16-18(23)15(11-21)10-17(20)19(16)24-14(4)22/h6,8,10-11,23H,5,7,9H2,1-4H3/b13-8+. The first-order valence-corrected chi connectivity index (χ1v) is 8.11. The fourth-order valence-corrected chi connectivity index (χ4v) is 2.47. The summed E-state index contributed by atoms with van der Waals surface area (Å²) in [5.74, 6) is -0.653. The number of rotatable bonds is 7. The Labute approximate surface area is 147 Å². The van der Waals surface area contributed by atoms with Gasteiger partial charge in [-0.3, -0.25) is 9.59 Å². The van der Waals surface area contributed by atoms with Gasteiger partial charge in [0.1, 0.15) is 5.75 Å². The van der Waals surface area contributed by atoms with E-state index in [1.54, 1.807) is 0 Å². The summed E-state index contributed by atoms with van der Waals surface area (Å²) in [5.41, 5.74) is 2.80. The van der Waals surface area contributed by atoms with E-state index < -0.39 is 5.97 Å². The summed E-state index contributed by atoms with van der Waals surface area (Å²) in [6, 6.07) is 1.29. The molecule has 0 amide bonds. The van der Waals surface area contributed by atoms with Crippen LogP contribution in [-0.4, -0.2) is 17.4 Å². The highest BCUT2D eigenvalue weighted by atomic mass is 35.5. The van der Waals surface area contributed by atoms with Gasteiger partial charge in [0.05, 0.1) is 10.6 Å². The van der Waals surface area contributed by atoms with Gasteiger partial charge in [-0.1, -0.05) is 34.9 Å². The van der Waals surface area contributed by atoms with Crippen molar-refractivity contribution in [3.05, 3.63) is 45.5 Å². The third-order valence-electron chi connectivity index (χ3n) is 3.45. The van der Waals surface area contributed by atoms with E-state index >= 15 is 0 Å². The van der Waals surface area contributed by atoms with E-state index in [1.807, 2.05) is 13.0 Å². The Bertz CT molecular complexity index is 683. The first kappa shape index (κ1) is 20.0. The normalized spacial score (nSPS) is 11.1. The zero-order valence-electron chi connectivity index (χ0n) is 14.5. The lowest BCUT2D eigenvalue weighted by atomic mass is 10.0. The number of hydrogen-bond donors (Lipinski definition) is 1. The van der Waals surface area contributed by atoms with Crippen molar-refractivity contribution in [2.75, 3.05) is 0 Å². The van der Waals surface area contributed by atoms with E-state index in [0.717, 1.165) is 18.4 Å². The molecule has 4 nitrogen and oxygen atoms in total. The van der Waals surface area contributed by atoms with Crippen LogP contribution in [0.3, 0.4) is 0 Å². The molecule has 0 heterocycles. The molecule has 1 aromatic rings. The topological polar surface area (TPSA) is 63.6 Å². The van der Waals surface area contributed by atoms with E-state index in [9.17, 15) is 14.7 Å². The van der Waals surface area contributed by atoms with E-state index in [-0.39, 0.29) is 22.1 Å². The molecule has 0 radical (unpaired) electrons. The fraction of sp³-hybridized carbons (Fsp3) is 0.368. The fourth-order valence-electron chi connectivity index (χ4n) is 2.20. The number of benzene rings is 1. The van der Waals surface area contributed by atoms with Gasteiger partial charge in [0.2, 0.25) is 0 Å². The molecule has 0 aromatic heterocycles. The van der Waals surface area contributed by atoms with Gasteiger partial charge in [-0.25, -0.2) is 0 Å². The molecule has 0 bridgehead atoms. The molecule has 0 unspecified atom stereocenters. The van der Waals surface area contributed by atoms with Crippen molar-refractivity contribution in [2.24, 2.45) is 0 Å². The molecule has 0 aliphatic heterocycles. The summed E-state index contributed by atoms with van der Waals surface area (Å²) < 4.78 is 5.12. The average Bonchev–Trinajstić information content (AvgIpc) is 2.49. The van der Waals surface area contributed by atoms with Crippen molar-refractivity contribution in [1.82, 2.24) is 0 Å². The Hall–Kier alpha value is -2.07. The van der Waals surface area contributed by atoms with Crippen LogP contribution >= 0.6 is 11.6 Å². The van der Waals surface area contributed by atoms with Crippen LogP contribution in [-0.2, 0) is 11.2 Å². The molecule has 0 fully saturated rings. The van der Waals surface area contributed by atoms with Gasteiger partial charge in [-0.05, 0) is 46.1 Å². The number of ether oxygens (including phenoxy) is 1. The SMILES string of the molecule is CC(=O)Oc1c(Cl)cc(C=O)c(O)c1C/C=C(\C)CCC=C(C)C. The highest BCUT2D eigenvalue weighted by Crippen LogP contribution is 2.38. The average molecular weight is 351 g/mol. The first-order chi connectivity index (χ1) is 11.3. The molecular weight excluding hydrogens is 328 g/mol. The van der Waals surface area contributed by atoms with Gasteiger partial charge in [-0.15, -0.1) is 0 Å². The summed E-state index contributed by atoms with van der Waals surface area (Å²) in [5, 5.41) is 10.4. The van der Waals surface area contributed by atoms with E-state index in [1.165, 1.54) is 18.6 Å². The number of phenolic OH excluding ortho intramolecular Hbond substituents is 1. The van der Waals surface area contributed by atoms with Gasteiger partial charge in [0.15, 0.2) is 12.0 Å². The number of hydrogen-bond acceptors (Lipinski definition) is 4. The maximum absolute atomic E-state index is 11.3. The summed E-state index contributed by atoms with van der Waals surface area (Å²) in [6.45, 7) is 7.35.